The van der Waals surface area contributed by atoms with Crippen LogP contribution in [0.4, 0.5) is 0 Å². The Morgan fingerprint density at radius 1 is 0.239 bits per heavy atom. The zero-order chi connectivity index (χ0) is 61.4. The Labute approximate surface area is 536 Å². The van der Waals surface area contributed by atoms with Gasteiger partial charge in [-0.2, -0.15) is 0 Å². The molecule has 0 amide bonds. The molecule has 2 heteroatoms. The predicted octanol–water partition coefficient (Wildman–Crippen LogP) is 24.1. The van der Waals surface area contributed by atoms with Gasteiger partial charge in [-0.15, -0.1) is 0 Å². The van der Waals surface area contributed by atoms with Crippen LogP contribution in [0.25, 0.3) is 156 Å². The summed E-state index contributed by atoms with van der Waals surface area (Å²) in [5.74, 6) is 0. The highest BCUT2D eigenvalue weighted by molar-refractivity contribution is 6.13. The molecule has 0 atom stereocenters. The molecule has 0 bridgehead atoms. The van der Waals surface area contributed by atoms with Crippen LogP contribution in [0.5, 0.6) is 0 Å². The van der Waals surface area contributed by atoms with Crippen LogP contribution in [0.1, 0.15) is 72.2 Å². The Hall–Kier alpha value is -11.3. The predicted molar refractivity (Wildman–Crippen MR) is 392 cm³/mol. The van der Waals surface area contributed by atoms with E-state index in [2.05, 4.69) is 352 Å². The van der Waals surface area contributed by atoms with E-state index in [0.29, 0.717) is 0 Å². The molecule has 92 heavy (non-hydrogen) atoms. The van der Waals surface area contributed by atoms with E-state index in [0.717, 1.165) is 0 Å². The maximum absolute atomic E-state index is 2.46. The van der Waals surface area contributed by atoms with Crippen LogP contribution < -0.4 is 0 Å². The first-order chi connectivity index (χ1) is 45.1. The molecule has 14 aromatic carbocycles. The van der Waals surface area contributed by atoms with Gasteiger partial charge in [0.05, 0.1) is 27.8 Å². The first-order valence-corrected chi connectivity index (χ1v) is 32.3. The van der Waals surface area contributed by atoms with Gasteiger partial charge in [0, 0.05) is 43.4 Å². The highest BCUT2D eigenvalue weighted by Gasteiger charge is 2.38. The van der Waals surface area contributed by atoms with Gasteiger partial charge in [0.2, 0.25) is 0 Å². The number of aromatic nitrogens is 2. The molecule has 2 nitrogen and oxygen atoms in total. The average molecular weight is 1170 g/mol. The van der Waals surface area contributed by atoms with Crippen LogP contribution in [-0.2, 0) is 10.8 Å². The van der Waals surface area contributed by atoms with Gasteiger partial charge in [-0.1, -0.05) is 276 Å². The van der Waals surface area contributed by atoms with Crippen molar-refractivity contribution in [3.05, 3.63) is 336 Å². The molecule has 0 saturated carbocycles. The lowest BCUT2D eigenvalue weighted by molar-refractivity contribution is 0.659. The van der Waals surface area contributed by atoms with Crippen molar-refractivity contribution in [3.8, 4) is 67.0 Å². The molecule has 0 aliphatic heterocycles. The second kappa shape index (κ2) is 20.6. The topological polar surface area (TPSA) is 9.86 Å². The lowest BCUT2D eigenvalue weighted by Gasteiger charge is -2.23. The van der Waals surface area contributed by atoms with Gasteiger partial charge in [-0.25, -0.2) is 0 Å². The zero-order valence-electron chi connectivity index (χ0n) is 51.9. The fraction of sp³-hybridized carbons (Fsp3) is 0.0667. The summed E-state index contributed by atoms with van der Waals surface area (Å²) in [4.78, 5) is 0. The molecule has 2 aliphatic rings. The number of hydrogen-bond donors (Lipinski definition) is 0. The second-order valence-corrected chi connectivity index (χ2v) is 26.5. The summed E-state index contributed by atoms with van der Waals surface area (Å²) in [6, 6.07) is 108. The van der Waals surface area contributed by atoms with Gasteiger partial charge in [-0.05, 0) is 183 Å². The smallest absolute Gasteiger partial charge is 0.0541 e. The molecular formula is C90H64N2. The molecule has 0 spiro atoms. The lowest BCUT2D eigenvalue weighted by Crippen LogP contribution is -2.15. The molecule has 16 aromatic rings. The van der Waals surface area contributed by atoms with Crippen molar-refractivity contribution in [2.45, 2.75) is 38.5 Å². The maximum Gasteiger partial charge on any atom is 0.0541 e. The summed E-state index contributed by atoms with van der Waals surface area (Å²) in [5, 5.41) is 10.0. The van der Waals surface area contributed by atoms with Crippen LogP contribution in [0.15, 0.2) is 291 Å². The molecule has 0 fully saturated rings. The minimum absolute atomic E-state index is 0.161. The Morgan fingerprint density at radius 2 is 0.620 bits per heavy atom. The van der Waals surface area contributed by atoms with E-state index >= 15 is 0 Å². The summed E-state index contributed by atoms with van der Waals surface area (Å²) in [6.45, 7) is 9.57. The van der Waals surface area contributed by atoms with Crippen LogP contribution in [0.3, 0.4) is 0 Å². The first-order valence-electron chi connectivity index (χ1n) is 32.3. The number of hydrogen-bond acceptors (Lipinski definition) is 0. The van der Waals surface area contributed by atoms with Crippen molar-refractivity contribution >= 4 is 89.5 Å². The molecule has 18 rings (SSSR count). The zero-order valence-corrected chi connectivity index (χ0v) is 51.9. The Kier molecular flexibility index (Phi) is 12.0. The highest BCUT2D eigenvalue weighted by Crippen LogP contribution is 2.53. The normalized spacial score (nSPS) is 13.7. The quantitative estimate of drug-likeness (QED) is 0.128. The third kappa shape index (κ3) is 8.55. The minimum atomic E-state index is -0.162. The van der Waals surface area contributed by atoms with Crippen molar-refractivity contribution in [3.63, 3.8) is 0 Å². The van der Waals surface area contributed by atoms with Gasteiger partial charge < -0.3 is 9.13 Å². The SMILES string of the molecule is CC1(C)c2cc(C=Cc3ccc(-c4ccc5c(c4)c4ccccc4n5-c4ccc5ccccc5c4)cc3)ccc2-c2ccc(-c3ccc4c(c3)C(C)(C)c3cc(C=Cc5ccc(-c6ccc7c(c6)c6ccccc6n7-c6cccc7ccccc67)cc5)ccc3-4)cc21. The summed E-state index contributed by atoms with van der Waals surface area (Å²) in [7, 11) is 0. The number of rotatable bonds is 9. The standard InChI is InChI=1S/C90H64N2/c1-89(2)80-50-59(26-24-57-28-34-62(35-29-57)66-41-48-87-78(53-66)76-19-9-11-21-85(76)91(87)70-43-38-61-14-5-6-16-65(61)52-70)32-44-72(80)74-46-39-68(55-82(74)89)69-40-47-75-73-45-33-60(51-81(73)90(3,4)83(75)56-69)27-25-58-30-36-63(37-31-58)67-42-49-88-79(54-67)77-20-10-12-22-86(77)92(88)84-23-13-17-64-15-7-8-18-71(64)84/h5-56H,1-4H3. The van der Waals surface area contributed by atoms with E-state index in [-0.39, 0.29) is 10.8 Å². The van der Waals surface area contributed by atoms with E-state index in [1.54, 1.807) is 0 Å². The number of fused-ring (bicyclic) bond motifs is 14. The van der Waals surface area contributed by atoms with Crippen LogP contribution in [0.2, 0.25) is 0 Å². The highest BCUT2D eigenvalue weighted by atomic mass is 15.0. The third-order valence-electron chi connectivity index (χ3n) is 20.5. The van der Waals surface area contributed by atoms with E-state index in [1.165, 1.54) is 177 Å². The second-order valence-electron chi connectivity index (χ2n) is 26.5. The Morgan fingerprint density at radius 3 is 1.17 bits per heavy atom. The maximum atomic E-state index is 2.46. The number of nitrogens with zero attached hydrogens (tertiary/aromatic N) is 2. The summed E-state index contributed by atoms with van der Waals surface area (Å²) < 4.78 is 4.84. The summed E-state index contributed by atoms with van der Waals surface area (Å²) >= 11 is 0. The van der Waals surface area contributed by atoms with Crippen LogP contribution >= 0.6 is 0 Å². The van der Waals surface area contributed by atoms with Crippen molar-refractivity contribution in [2.75, 3.05) is 0 Å². The molecule has 0 N–H and O–H groups in total. The van der Waals surface area contributed by atoms with Crippen molar-refractivity contribution in [1.82, 2.24) is 9.13 Å². The van der Waals surface area contributed by atoms with Crippen molar-refractivity contribution in [2.24, 2.45) is 0 Å². The monoisotopic (exact) mass is 1170 g/mol. The number of para-hydroxylation sites is 2. The van der Waals surface area contributed by atoms with E-state index in [1.807, 2.05) is 0 Å². The Balaban J connectivity index is 0.562. The summed E-state index contributed by atoms with van der Waals surface area (Å²) in [5.41, 5.74) is 29.9. The first kappa shape index (κ1) is 53.7. The van der Waals surface area contributed by atoms with Gasteiger partial charge in [-0.3, -0.25) is 0 Å². The van der Waals surface area contributed by atoms with Crippen LogP contribution in [-0.4, -0.2) is 9.13 Å². The van der Waals surface area contributed by atoms with E-state index < -0.39 is 0 Å². The number of benzene rings is 14. The molecule has 0 radical (unpaired) electrons. The van der Waals surface area contributed by atoms with E-state index in [9.17, 15) is 0 Å². The van der Waals surface area contributed by atoms with Crippen molar-refractivity contribution < 1.29 is 0 Å². The summed E-state index contributed by atoms with van der Waals surface area (Å²) in [6.07, 6.45) is 9.04. The largest absolute Gasteiger partial charge is 0.309 e. The molecule has 0 saturated heterocycles. The fourth-order valence-corrected chi connectivity index (χ4v) is 15.6. The molecule has 434 valence electrons. The minimum Gasteiger partial charge on any atom is -0.309 e. The van der Waals surface area contributed by atoms with Crippen molar-refractivity contribution in [1.29, 1.82) is 0 Å². The van der Waals surface area contributed by atoms with Gasteiger partial charge in [0.1, 0.15) is 0 Å². The van der Waals surface area contributed by atoms with Crippen LogP contribution in [0, 0.1) is 0 Å². The molecular weight excluding hydrogens is 1110 g/mol. The Bertz CT molecular complexity index is 5790. The lowest BCUT2D eigenvalue weighted by atomic mass is 9.80. The molecule has 0 unspecified atom stereocenters. The molecule has 2 heterocycles. The molecule has 2 aliphatic carbocycles. The fourth-order valence-electron chi connectivity index (χ4n) is 15.6. The molecule has 2 aromatic heterocycles. The third-order valence-corrected chi connectivity index (χ3v) is 20.5. The van der Waals surface area contributed by atoms with Gasteiger partial charge in [0.25, 0.3) is 0 Å². The van der Waals surface area contributed by atoms with Gasteiger partial charge in [0.15, 0.2) is 0 Å². The average Bonchev–Trinajstić information content (AvgIpc) is 1.60. The van der Waals surface area contributed by atoms with E-state index in [4.69, 9.17) is 0 Å². The van der Waals surface area contributed by atoms with Gasteiger partial charge >= 0.3 is 0 Å².